The molecule has 2 heterocycles. The molecule has 1 fully saturated rings. The van der Waals surface area contributed by atoms with Crippen molar-refractivity contribution in [3.05, 3.63) is 18.5 Å². The van der Waals surface area contributed by atoms with Gasteiger partial charge in [-0.25, -0.2) is 0 Å². The lowest BCUT2D eigenvalue weighted by atomic mass is 9.80. The summed E-state index contributed by atoms with van der Waals surface area (Å²) >= 11 is 0. The minimum atomic E-state index is -0.390. The molecule has 0 aromatic carbocycles. The smallest absolute Gasteiger partial charge is 0.492 e. The van der Waals surface area contributed by atoms with Crippen LogP contribution in [0.25, 0.3) is 0 Å². The van der Waals surface area contributed by atoms with Crippen LogP contribution >= 0.6 is 0 Å². The third-order valence-electron chi connectivity index (χ3n) is 5.53. The van der Waals surface area contributed by atoms with E-state index in [9.17, 15) is 0 Å². The molecule has 0 unspecified atom stereocenters. The molecular formula is C21H36BNO3. The van der Waals surface area contributed by atoms with Gasteiger partial charge in [0.25, 0.3) is 0 Å². The van der Waals surface area contributed by atoms with Gasteiger partial charge in [0.2, 0.25) is 0 Å². The molecule has 5 heteroatoms. The number of rotatable bonds is 11. The summed E-state index contributed by atoms with van der Waals surface area (Å²) < 4.78 is 18.1. The van der Waals surface area contributed by atoms with Crippen LogP contribution in [0.15, 0.2) is 18.5 Å². The predicted octanol–water partition coefficient (Wildman–Crippen LogP) is 4.90. The maximum absolute atomic E-state index is 6.09. The molecule has 26 heavy (non-hydrogen) atoms. The lowest BCUT2D eigenvalue weighted by Gasteiger charge is -2.32. The molecule has 0 radical (unpaired) electrons. The van der Waals surface area contributed by atoms with E-state index < -0.39 is 0 Å². The average Bonchev–Trinajstić information content (AvgIpc) is 2.81. The second-order valence-corrected chi connectivity index (χ2v) is 8.37. The number of nitrogens with zero attached hydrogens (tertiary/aromatic N) is 1. The Morgan fingerprint density at radius 3 is 2.08 bits per heavy atom. The van der Waals surface area contributed by atoms with Gasteiger partial charge in [0.05, 0.1) is 24.0 Å². The van der Waals surface area contributed by atoms with Gasteiger partial charge < -0.3 is 14.0 Å². The van der Waals surface area contributed by atoms with Crippen molar-refractivity contribution in [3.63, 3.8) is 0 Å². The topological polar surface area (TPSA) is 40.6 Å². The zero-order chi connectivity index (χ0) is 19.0. The summed E-state index contributed by atoms with van der Waals surface area (Å²) in [7, 11) is -0.390. The van der Waals surface area contributed by atoms with Crippen LogP contribution in [0.4, 0.5) is 0 Å². The van der Waals surface area contributed by atoms with Crippen LogP contribution in [-0.2, 0) is 9.31 Å². The van der Waals surface area contributed by atoms with Gasteiger partial charge in [-0.15, -0.1) is 0 Å². The van der Waals surface area contributed by atoms with Crippen LogP contribution in [-0.4, -0.2) is 29.9 Å². The molecule has 1 saturated heterocycles. The van der Waals surface area contributed by atoms with E-state index in [2.05, 4.69) is 39.6 Å². The largest absolute Gasteiger partial charge is 0.496 e. The first-order chi connectivity index (χ1) is 12.4. The highest BCUT2D eigenvalue weighted by Gasteiger charge is 2.51. The number of hydrogen-bond donors (Lipinski definition) is 0. The van der Waals surface area contributed by atoms with Gasteiger partial charge in [-0.3, -0.25) is 4.98 Å². The van der Waals surface area contributed by atoms with Crippen molar-refractivity contribution in [2.45, 2.75) is 97.2 Å². The second kappa shape index (κ2) is 9.75. The van der Waals surface area contributed by atoms with E-state index in [4.69, 9.17) is 14.0 Å². The summed E-state index contributed by atoms with van der Waals surface area (Å²) in [5.41, 5.74) is 0.231. The van der Waals surface area contributed by atoms with Gasteiger partial charge in [-0.1, -0.05) is 51.9 Å². The Kier molecular flexibility index (Phi) is 7.96. The van der Waals surface area contributed by atoms with E-state index >= 15 is 0 Å². The number of ether oxygens (including phenoxy) is 1. The summed E-state index contributed by atoms with van der Waals surface area (Å²) in [5, 5.41) is 0. The molecule has 4 nitrogen and oxygen atoms in total. The Morgan fingerprint density at radius 2 is 1.46 bits per heavy atom. The molecule has 146 valence electrons. The summed E-state index contributed by atoms with van der Waals surface area (Å²) in [6.45, 7) is 11.2. The molecule has 2 rings (SSSR count). The molecule has 0 saturated carbocycles. The van der Waals surface area contributed by atoms with E-state index in [1.54, 1.807) is 12.4 Å². The van der Waals surface area contributed by atoms with Crippen molar-refractivity contribution >= 4 is 12.6 Å². The predicted molar refractivity (Wildman–Crippen MR) is 108 cm³/mol. The number of pyridine rings is 1. The summed E-state index contributed by atoms with van der Waals surface area (Å²) in [6, 6.07) is 1.99. The first-order valence-electron chi connectivity index (χ1n) is 10.3. The lowest BCUT2D eigenvalue weighted by Crippen LogP contribution is -2.41. The van der Waals surface area contributed by atoms with Crippen LogP contribution in [0.5, 0.6) is 5.75 Å². The van der Waals surface area contributed by atoms with E-state index in [0.29, 0.717) is 0 Å². The maximum atomic E-state index is 6.09. The van der Waals surface area contributed by atoms with Gasteiger partial charge in [0.1, 0.15) is 5.75 Å². The highest BCUT2D eigenvalue weighted by atomic mass is 16.7. The molecule has 1 aromatic rings. The van der Waals surface area contributed by atoms with Crippen molar-refractivity contribution in [3.8, 4) is 5.75 Å². The Bertz CT molecular complexity index is 532. The van der Waals surface area contributed by atoms with Crippen molar-refractivity contribution in [2.75, 3.05) is 6.61 Å². The van der Waals surface area contributed by atoms with Crippen LogP contribution < -0.4 is 10.2 Å². The van der Waals surface area contributed by atoms with Crippen molar-refractivity contribution in [1.29, 1.82) is 0 Å². The highest BCUT2D eigenvalue weighted by Crippen LogP contribution is 2.36. The molecule has 0 amide bonds. The zero-order valence-corrected chi connectivity index (χ0v) is 17.3. The minimum absolute atomic E-state index is 0.342. The Balaban J connectivity index is 1.71. The molecule has 1 aliphatic heterocycles. The fraction of sp³-hybridized carbons (Fsp3) is 0.762. The molecule has 1 aliphatic rings. The monoisotopic (exact) mass is 361 g/mol. The summed E-state index contributed by atoms with van der Waals surface area (Å²) in [5.74, 6) is 0.792. The first-order valence-corrected chi connectivity index (χ1v) is 10.3. The number of unbranched alkanes of at least 4 members (excludes halogenated alkanes) is 7. The fourth-order valence-corrected chi connectivity index (χ4v) is 3.05. The second-order valence-electron chi connectivity index (χ2n) is 8.37. The van der Waals surface area contributed by atoms with Crippen LogP contribution in [0.2, 0.25) is 0 Å². The van der Waals surface area contributed by atoms with Crippen LogP contribution in [0, 0.1) is 0 Å². The highest BCUT2D eigenvalue weighted by molar-refractivity contribution is 6.62. The van der Waals surface area contributed by atoms with Crippen molar-refractivity contribution < 1.29 is 14.0 Å². The zero-order valence-electron chi connectivity index (χ0n) is 17.3. The Morgan fingerprint density at radius 1 is 0.885 bits per heavy atom. The number of hydrogen-bond acceptors (Lipinski definition) is 4. The molecule has 0 N–H and O–H groups in total. The summed E-state index contributed by atoms with van der Waals surface area (Å²) in [4.78, 5) is 4.30. The van der Waals surface area contributed by atoms with E-state index in [-0.39, 0.29) is 18.3 Å². The SMILES string of the molecule is CCCCCCCCCCOc1cncc(B2OC(C)(C)C(C)(C)O2)c1. The van der Waals surface area contributed by atoms with E-state index in [1.807, 2.05) is 6.07 Å². The Labute approximate surface area is 160 Å². The van der Waals surface area contributed by atoms with E-state index in [1.165, 1.54) is 44.9 Å². The Hall–Kier alpha value is -1.07. The van der Waals surface area contributed by atoms with Crippen molar-refractivity contribution in [1.82, 2.24) is 4.98 Å². The third-order valence-corrected chi connectivity index (χ3v) is 5.53. The minimum Gasteiger partial charge on any atom is -0.492 e. The normalized spacial score (nSPS) is 18.3. The average molecular weight is 361 g/mol. The van der Waals surface area contributed by atoms with E-state index in [0.717, 1.165) is 24.2 Å². The maximum Gasteiger partial charge on any atom is 0.496 e. The third kappa shape index (κ3) is 5.99. The van der Waals surface area contributed by atoms with Gasteiger partial charge in [0, 0.05) is 11.7 Å². The molecule has 0 aliphatic carbocycles. The van der Waals surface area contributed by atoms with Crippen molar-refractivity contribution in [2.24, 2.45) is 0 Å². The van der Waals surface area contributed by atoms with Crippen LogP contribution in [0.3, 0.4) is 0 Å². The molecule has 1 aromatic heterocycles. The molecular weight excluding hydrogens is 325 g/mol. The fourth-order valence-electron chi connectivity index (χ4n) is 3.05. The molecule has 0 spiro atoms. The standard InChI is InChI=1S/C21H36BNO3/c1-6-7-8-9-10-11-12-13-14-24-19-15-18(16-23-17-19)22-25-20(2,3)21(4,5)26-22/h15-17H,6-14H2,1-5H3. The first kappa shape index (κ1) is 21.2. The number of aromatic nitrogens is 1. The quantitative estimate of drug-likeness (QED) is 0.415. The lowest BCUT2D eigenvalue weighted by molar-refractivity contribution is 0.00578. The van der Waals surface area contributed by atoms with Gasteiger partial charge in [0.15, 0.2) is 0 Å². The van der Waals surface area contributed by atoms with Gasteiger partial charge in [-0.2, -0.15) is 0 Å². The summed E-state index contributed by atoms with van der Waals surface area (Å²) in [6.07, 6.45) is 14.0. The molecule has 0 bridgehead atoms. The van der Waals surface area contributed by atoms with Crippen LogP contribution in [0.1, 0.15) is 86.0 Å². The molecule has 0 atom stereocenters. The van der Waals surface area contributed by atoms with Gasteiger partial charge >= 0.3 is 7.12 Å². The van der Waals surface area contributed by atoms with Gasteiger partial charge in [-0.05, 0) is 40.2 Å².